The summed E-state index contributed by atoms with van der Waals surface area (Å²) >= 11 is 4.45. The third kappa shape index (κ3) is 3.75. The zero-order chi connectivity index (χ0) is 19.9. The Morgan fingerprint density at radius 3 is 2.26 bits per heavy atom. The number of aryl methyl sites for hydroxylation is 1. The lowest BCUT2D eigenvalue weighted by Gasteiger charge is -2.33. The number of nitrogens with one attached hydrogen (secondary N) is 1. The SMILES string of the molecule is CC(=O)c1c(C)[nH]c(C(=O)N2CCN(S(=O)(=O)c3ccc(Br)s3)CC2)c1C. The van der Waals surface area contributed by atoms with Gasteiger partial charge >= 0.3 is 0 Å². The van der Waals surface area contributed by atoms with Crippen molar-refractivity contribution in [3.8, 4) is 0 Å². The minimum Gasteiger partial charge on any atom is -0.354 e. The maximum absolute atomic E-state index is 12.8. The number of carbonyl (C=O) groups is 2. The Bertz CT molecular complexity index is 1000. The monoisotopic (exact) mass is 473 g/mol. The molecule has 1 N–H and O–H groups in total. The second-order valence-corrected chi connectivity index (χ2v) is 11.1. The number of hydrogen-bond donors (Lipinski definition) is 1. The molecule has 0 bridgehead atoms. The van der Waals surface area contributed by atoms with Crippen molar-refractivity contribution in [2.45, 2.75) is 25.0 Å². The van der Waals surface area contributed by atoms with Crippen LogP contribution in [0.25, 0.3) is 0 Å². The van der Waals surface area contributed by atoms with E-state index in [9.17, 15) is 18.0 Å². The number of carbonyl (C=O) groups excluding carboxylic acids is 2. The Hall–Kier alpha value is -1.49. The molecule has 0 aliphatic carbocycles. The van der Waals surface area contributed by atoms with Gasteiger partial charge in [-0.2, -0.15) is 4.31 Å². The minimum atomic E-state index is -3.55. The second-order valence-electron chi connectivity index (χ2n) is 6.44. The zero-order valence-electron chi connectivity index (χ0n) is 15.2. The summed E-state index contributed by atoms with van der Waals surface area (Å²) in [6.45, 7) is 6.08. The van der Waals surface area contributed by atoms with Gasteiger partial charge in [-0.3, -0.25) is 9.59 Å². The minimum absolute atomic E-state index is 0.0849. The number of halogens is 1. The van der Waals surface area contributed by atoms with Gasteiger partial charge in [0.05, 0.1) is 3.79 Å². The molecule has 1 aliphatic heterocycles. The number of nitrogens with zero attached hydrogens (tertiary/aromatic N) is 2. The van der Waals surface area contributed by atoms with Gasteiger partial charge in [-0.1, -0.05) is 0 Å². The molecule has 3 heterocycles. The average molecular weight is 474 g/mol. The Morgan fingerprint density at radius 2 is 1.78 bits per heavy atom. The predicted octanol–water partition coefficient (Wildman–Crippen LogP) is 2.80. The molecule has 7 nitrogen and oxygen atoms in total. The summed E-state index contributed by atoms with van der Waals surface area (Å²) in [5, 5.41) is 0. The van der Waals surface area contributed by atoms with E-state index in [1.807, 2.05) is 0 Å². The first-order valence-electron chi connectivity index (χ1n) is 8.37. The standard InChI is InChI=1S/C17H20BrN3O4S2/c1-10-15(12(3)22)11(2)19-16(10)17(23)20-6-8-21(9-7-20)27(24,25)14-5-4-13(18)26-14/h4-5,19H,6-9H2,1-3H3. The topological polar surface area (TPSA) is 90.6 Å². The van der Waals surface area contributed by atoms with Crippen molar-refractivity contribution in [3.05, 3.63) is 38.4 Å². The van der Waals surface area contributed by atoms with Crippen molar-refractivity contribution in [1.29, 1.82) is 0 Å². The Morgan fingerprint density at radius 1 is 1.15 bits per heavy atom. The summed E-state index contributed by atoms with van der Waals surface area (Å²) in [7, 11) is -3.55. The molecule has 1 amide bonds. The van der Waals surface area contributed by atoms with E-state index in [0.717, 1.165) is 3.79 Å². The van der Waals surface area contributed by atoms with Crippen LogP contribution in [0, 0.1) is 13.8 Å². The van der Waals surface area contributed by atoms with Gasteiger partial charge in [-0.25, -0.2) is 8.42 Å². The van der Waals surface area contributed by atoms with E-state index in [1.165, 1.54) is 22.6 Å². The lowest BCUT2D eigenvalue weighted by Crippen LogP contribution is -2.50. The molecule has 1 aliphatic rings. The quantitative estimate of drug-likeness (QED) is 0.691. The summed E-state index contributed by atoms with van der Waals surface area (Å²) in [6.07, 6.45) is 0. The van der Waals surface area contributed by atoms with Crippen LogP contribution < -0.4 is 0 Å². The van der Waals surface area contributed by atoms with Crippen LogP contribution in [0.5, 0.6) is 0 Å². The molecule has 0 atom stereocenters. The van der Waals surface area contributed by atoms with E-state index in [1.54, 1.807) is 30.9 Å². The summed E-state index contributed by atoms with van der Waals surface area (Å²) < 4.78 is 27.8. The van der Waals surface area contributed by atoms with Crippen LogP contribution in [0.1, 0.15) is 39.0 Å². The molecule has 0 aromatic carbocycles. The molecule has 3 rings (SSSR count). The van der Waals surface area contributed by atoms with Crippen LogP contribution in [0.4, 0.5) is 0 Å². The van der Waals surface area contributed by atoms with E-state index in [4.69, 9.17) is 0 Å². The molecule has 0 radical (unpaired) electrons. The fourth-order valence-electron chi connectivity index (χ4n) is 3.35. The predicted molar refractivity (Wildman–Crippen MR) is 107 cm³/mol. The third-order valence-electron chi connectivity index (χ3n) is 4.67. The molecule has 0 spiro atoms. The van der Waals surface area contributed by atoms with E-state index in [2.05, 4.69) is 20.9 Å². The molecule has 2 aromatic heterocycles. The van der Waals surface area contributed by atoms with Gasteiger partial charge in [0, 0.05) is 37.4 Å². The molecule has 0 unspecified atom stereocenters. The first-order chi connectivity index (χ1) is 12.6. The van der Waals surface area contributed by atoms with Gasteiger partial charge in [-0.15, -0.1) is 11.3 Å². The van der Waals surface area contributed by atoms with Crippen molar-refractivity contribution in [3.63, 3.8) is 0 Å². The number of piperazine rings is 1. The van der Waals surface area contributed by atoms with Gasteiger partial charge in [-0.05, 0) is 54.4 Å². The number of hydrogen-bond acceptors (Lipinski definition) is 5. The zero-order valence-corrected chi connectivity index (χ0v) is 18.4. The Kier molecular flexibility index (Phi) is 5.62. The van der Waals surface area contributed by atoms with Crippen molar-refractivity contribution in [1.82, 2.24) is 14.2 Å². The summed E-state index contributed by atoms with van der Waals surface area (Å²) in [4.78, 5) is 29.3. The maximum atomic E-state index is 12.8. The molecule has 10 heteroatoms. The van der Waals surface area contributed by atoms with E-state index in [-0.39, 0.29) is 29.0 Å². The molecular formula is C17H20BrN3O4S2. The highest BCUT2D eigenvalue weighted by Gasteiger charge is 2.32. The Labute approximate surface area is 170 Å². The second kappa shape index (κ2) is 7.50. The lowest BCUT2D eigenvalue weighted by molar-refractivity contribution is 0.0692. The summed E-state index contributed by atoms with van der Waals surface area (Å²) in [5.74, 6) is -0.294. The first kappa shape index (κ1) is 20.2. The van der Waals surface area contributed by atoms with E-state index < -0.39 is 10.0 Å². The third-order valence-corrected chi connectivity index (χ3v) is 8.66. The van der Waals surface area contributed by atoms with Crippen LogP contribution in [0.15, 0.2) is 20.1 Å². The molecule has 27 heavy (non-hydrogen) atoms. The molecular weight excluding hydrogens is 454 g/mol. The Balaban J connectivity index is 1.74. The number of amides is 1. The van der Waals surface area contributed by atoms with Crippen LogP contribution >= 0.6 is 27.3 Å². The molecule has 0 saturated carbocycles. The molecule has 1 saturated heterocycles. The number of rotatable bonds is 4. The van der Waals surface area contributed by atoms with Crippen LogP contribution in [-0.2, 0) is 10.0 Å². The summed E-state index contributed by atoms with van der Waals surface area (Å²) in [5.41, 5.74) is 2.26. The smallest absolute Gasteiger partial charge is 0.270 e. The molecule has 146 valence electrons. The van der Waals surface area contributed by atoms with E-state index in [0.29, 0.717) is 35.6 Å². The van der Waals surface area contributed by atoms with Gasteiger partial charge in [0.25, 0.3) is 15.9 Å². The maximum Gasteiger partial charge on any atom is 0.270 e. The molecule has 2 aromatic rings. The number of sulfonamides is 1. The van der Waals surface area contributed by atoms with Gasteiger partial charge in [0.15, 0.2) is 5.78 Å². The van der Waals surface area contributed by atoms with Crippen molar-refractivity contribution >= 4 is 49.0 Å². The van der Waals surface area contributed by atoms with Crippen molar-refractivity contribution in [2.75, 3.05) is 26.2 Å². The fourth-order valence-corrected chi connectivity index (χ4v) is 6.93. The van der Waals surface area contributed by atoms with Gasteiger partial charge in [0.2, 0.25) is 0 Å². The van der Waals surface area contributed by atoms with Crippen molar-refractivity contribution < 1.29 is 18.0 Å². The largest absolute Gasteiger partial charge is 0.354 e. The highest BCUT2D eigenvalue weighted by Crippen LogP contribution is 2.29. The first-order valence-corrected chi connectivity index (χ1v) is 11.4. The van der Waals surface area contributed by atoms with E-state index >= 15 is 0 Å². The van der Waals surface area contributed by atoms with Crippen molar-refractivity contribution in [2.24, 2.45) is 0 Å². The highest BCUT2D eigenvalue weighted by molar-refractivity contribution is 9.11. The normalized spacial score (nSPS) is 15.9. The van der Waals surface area contributed by atoms with Crippen LogP contribution in [0.3, 0.4) is 0 Å². The molecule has 1 fully saturated rings. The number of H-pyrrole nitrogens is 1. The number of thiophene rings is 1. The van der Waals surface area contributed by atoms with Crippen LogP contribution in [-0.4, -0.2) is 60.5 Å². The number of Topliss-reactive ketones (excluding diaryl/α,β-unsaturated/α-hetero) is 1. The number of aromatic amines is 1. The lowest BCUT2D eigenvalue weighted by atomic mass is 10.1. The van der Waals surface area contributed by atoms with Crippen LogP contribution in [0.2, 0.25) is 0 Å². The number of ketones is 1. The van der Waals surface area contributed by atoms with Gasteiger partial charge < -0.3 is 9.88 Å². The highest BCUT2D eigenvalue weighted by atomic mass is 79.9. The van der Waals surface area contributed by atoms with Gasteiger partial charge in [0.1, 0.15) is 9.90 Å². The number of aromatic nitrogens is 1. The average Bonchev–Trinajstić information content (AvgIpc) is 3.18. The summed E-state index contributed by atoms with van der Waals surface area (Å²) in [6, 6.07) is 3.29. The fraction of sp³-hybridized carbons (Fsp3) is 0.412.